The van der Waals surface area contributed by atoms with Crippen LogP contribution in [0.2, 0.25) is 0 Å². The Hall–Kier alpha value is -8.46. The molecule has 304 valence electrons. The molecule has 2 nitrogen and oxygen atoms in total. The molecule has 1 aromatic heterocycles. The minimum Gasteiger partial charge on any atom is -0.456 e. The van der Waals surface area contributed by atoms with Crippen molar-refractivity contribution in [1.29, 1.82) is 0 Å². The zero-order valence-electron chi connectivity index (χ0n) is 35.5. The third-order valence-electron chi connectivity index (χ3n) is 13.7. The summed E-state index contributed by atoms with van der Waals surface area (Å²) < 4.78 is 6.35. The van der Waals surface area contributed by atoms with E-state index in [0.29, 0.717) is 0 Å². The highest BCUT2D eigenvalue weighted by Crippen LogP contribution is 2.57. The molecule has 0 spiro atoms. The van der Waals surface area contributed by atoms with Crippen LogP contribution in [0.15, 0.2) is 253 Å². The van der Waals surface area contributed by atoms with Gasteiger partial charge in [-0.1, -0.05) is 188 Å². The van der Waals surface area contributed by atoms with Gasteiger partial charge in [-0.2, -0.15) is 0 Å². The van der Waals surface area contributed by atoms with E-state index in [1.165, 1.54) is 71.6 Å². The fourth-order valence-electron chi connectivity index (χ4n) is 10.7. The standard InChI is InChI=1S/C63H41NO/c1-3-17-48(18-4-1)63(49-19-5-2-6-20-49)59-24-11-9-21-54(59)55-36-34-52(41-60(55)63)64(51-35-37-62-58(40-51)56-22-10-12-25-61(56)65-62)50-32-30-43(31-33-50)46-28-27-44-16-13-23-53(57(44)39-46)47-29-26-42-14-7-8-15-45(42)38-47/h1-41H. The molecule has 0 unspecified atom stereocenters. The molecule has 0 radical (unpaired) electrons. The molecule has 1 heterocycles. The van der Waals surface area contributed by atoms with Crippen LogP contribution in [-0.4, -0.2) is 0 Å². The van der Waals surface area contributed by atoms with E-state index < -0.39 is 5.41 Å². The van der Waals surface area contributed by atoms with Crippen molar-refractivity contribution in [2.24, 2.45) is 0 Å². The highest BCUT2D eigenvalue weighted by Gasteiger charge is 2.46. The molecule has 0 amide bonds. The van der Waals surface area contributed by atoms with E-state index in [0.717, 1.165) is 44.6 Å². The smallest absolute Gasteiger partial charge is 0.135 e. The minimum absolute atomic E-state index is 0.521. The van der Waals surface area contributed by atoms with E-state index in [-0.39, 0.29) is 0 Å². The van der Waals surface area contributed by atoms with Crippen LogP contribution >= 0.6 is 0 Å². The maximum absolute atomic E-state index is 6.35. The molecule has 0 atom stereocenters. The van der Waals surface area contributed by atoms with Gasteiger partial charge in [0.2, 0.25) is 0 Å². The number of rotatable bonds is 7. The van der Waals surface area contributed by atoms with Crippen molar-refractivity contribution in [3.63, 3.8) is 0 Å². The van der Waals surface area contributed by atoms with Gasteiger partial charge in [0.1, 0.15) is 11.2 Å². The molecule has 1 aliphatic rings. The summed E-state index contributed by atoms with van der Waals surface area (Å²) in [5.74, 6) is 0. The van der Waals surface area contributed by atoms with Crippen molar-refractivity contribution in [1.82, 2.24) is 0 Å². The number of hydrogen-bond acceptors (Lipinski definition) is 2. The quantitative estimate of drug-likeness (QED) is 0.159. The first-order valence-corrected chi connectivity index (χ1v) is 22.4. The summed E-state index contributed by atoms with van der Waals surface area (Å²) in [6.45, 7) is 0. The van der Waals surface area contributed by atoms with Crippen LogP contribution in [0.25, 0.3) is 76.9 Å². The summed E-state index contributed by atoms with van der Waals surface area (Å²) in [5, 5.41) is 7.17. The van der Waals surface area contributed by atoms with Crippen LogP contribution in [0.1, 0.15) is 22.3 Å². The summed E-state index contributed by atoms with van der Waals surface area (Å²) in [7, 11) is 0. The normalized spacial score (nSPS) is 12.7. The van der Waals surface area contributed by atoms with Crippen LogP contribution in [0, 0.1) is 0 Å². The largest absolute Gasteiger partial charge is 0.456 e. The lowest BCUT2D eigenvalue weighted by molar-refractivity contribution is 0.669. The second kappa shape index (κ2) is 14.8. The number of nitrogens with zero attached hydrogens (tertiary/aromatic N) is 1. The molecule has 0 N–H and O–H groups in total. The molecular formula is C63H41NO. The van der Waals surface area contributed by atoms with Crippen molar-refractivity contribution in [2.75, 3.05) is 4.90 Å². The van der Waals surface area contributed by atoms with E-state index in [9.17, 15) is 0 Å². The zero-order chi connectivity index (χ0) is 42.9. The Morgan fingerprint density at radius 1 is 0.292 bits per heavy atom. The second-order valence-electron chi connectivity index (χ2n) is 17.2. The molecule has 11 aromatic carbocycles. The summed E-state index contributed by atoms with van der Waals surface area (Å²) in [6.07, 6.45) is 0. The number of anilines is 3. The monoisotopic (exact) mass is 827 g/mol. The predicted octanol–water partition coefficient (Wildman–Crippen LogP) is 17.1. The van der Waals surface area contributed by atoms with Gasteiger partial charge >= 0.3 is 0 Å². The molecule has 65 heavy (non-hydrogen) atoms. The number of furan rings is 1. The predicted molar refractivity (Wildman–Crippen MR) is 272 cm³/mol. The number of benzene rings is 11. The maximum Gasteiger partial charge on any atom is 0.135 e. The highest BCUT2D eigenvalue weighted by atomic mass is 16.3. The molecule has 0 bridgehead atoms. The number of hydrogen-bond donors (Lipinski definition) is 0. The third-order valence-corrected chi connectivity index (χ3v) is 13.7. The van der Waals surface area contributed by atoms with E-state index in [1.807, 2.05) is 12.1 Å². The van der Waals surface area contributed by atoms with Crippen molar-refractivity contribution in [3.8, 4) is 33.4 Å². The molecule has 12 aromatic rings. The van der Waals surface area contributed by atoms with Gasteiger partial charge in [0, 0.05) is 27.8 Å². The topological polar surface area (TPSA) is 16.4 Å². The van der Waals surface area contributed by atoms with Crippen LogP contribution in [-0.2, 0) is 5.41 Å². The molecule has 0 saturated carbocycles. The summed E-state index contributed by atoms with van der Waals surface area (Å²) in [6, 6.07) is 91.0. The Morgan fingerprint density at radius 2 is 0.877 bits per heavy atom. The molecule has 13 rings (SSSR count). The van der Waals surface area contributed by atoms with Crippen LogP contribution in [0.5, 0.6) is 0 Å². The van der Waals surface area contributed by atoms with Crippen LogP contribution < -0.4 is 4.90 Å². The first-order valence-electron chi connectivity index (χ1n) is 22.4. The molecular weight excluding hydrogens is 787 g/mol. The van der Waals surface area contributed by atoms with Gasteiger partial charge in [-0.3, -0.25) is 0 Å². The average molecular weight is 828 g/mol. The lowest BCUT2D eigenvalue weighted by Crippen LogP contribution is -2.28. The third kappa shape index (κ3) is 5.88. The zero-order valence-corrected chi connectivity index (χ0v) is 35.5. The van der Waals surface area contributed by atoms with Gasteiger partial charge in [-0.25, -0.2) is 0 Å². The minimum atomic E-state index is -0.521. The van der Waals surface area contributed by atoms with Crippen molar-refractivity contribution in [3.05, 3.63) is 271 Å². The van der Waals surface area contributed by atoms with Gasteiger partial charge < -0.3 is 9.32 Å². The lowest BCUT2D eigenvalue weighted by Gasteiger charge is -2.35. The Bertz CT molecular complexity index is 3730. The molecule has 0 saturated heterocycles. The Balaban J connectivity index is 0.981. The fourth-order valence-corrected chi connectivity index (χ4v) is 10.7. The second-order valence-corrected chi connectivity index (χ2v) is 17.2. The SMILES string of the molecule is c1ccc(C2(c3ccccc3)c3ccccc3-c3ccc(N(c4ccc(-c5ccc6cccc(-c7ccc8ccccc8c7)c6c5)cc4)c4ccc5oc6ccccc6c5c4)cc32)cc1. The Kier molecular flexibility index (Phi) is 8.47. The van der Waals surface area contributed by atoms with E-state index >= 15 is 0 Å². The van der Waals surface area contributed by atoms with Gasteiger partial charge in [0.05, 0.1) is 5.41 Å². The van der Waals surface area contributed by atoms with Crippen molar-refractivity contribution in [2.45, 2.75) is 5.41 Å². The Labute approximate surface area is 377 Å². The molecule has 2 heteroatoms. The molecule has 0 fully saturated rings. The van der Waals surface area contributed by atoms with E-state index in [1.54, 1.807) is 0 Å². The van der Waals surface area contributed by atoms with Crippen molar-refractivity contribution >= 4 is 60.5 Å². The number of para-hydroxylation sites is 1. The van der Waals surface area contributed by atoms with Gasteiger partial charge in [0.15, 0.2) is 0 Å². The fraction of sp³-hybridized carbons (Fsp3) is 0.0159. The lowest BCUT2D eigenvalue weighted by atomic mass is 9.67. The maximum atomic E-state index is 6.35. The molecule has 1 aliphatic carbocycles. The van der Waals surface area contributed by atoms with Gasteiger partial charge in [0.25, 0.3) is 0 Å². The van der Waals surface area contributed by atoms with Gasteiger partial charge in [-0.05, 0) is 138 Å². The average Bonchev–Trinajstić information content (AvgIpc) is 3.90. The Morgan fingerprint density at radius 3 is 1.71 bits per heavy atom. The summed E-state index contributed by atoms with van der Waals surface area (Å²) in [5.41, 5.74) is 16.8. The highest BCUT2D eigenvalue weighted by molar-refractivity contribution is 6.07. The summed E-state index contributed by atoms with van der Waals surface area (Å²) >= 11 is 0. The van der Waals surface area contributed by atoms with Crippen LogP contribution in [0.4, 0.5) is 17.1 Å². The molecule has 0 aliphatic heterocycles. The van der Waals surface area contributed by atoms with Crippen molar-refractivity contribution < 1.29 is 4.42 Å². The van der Waals surface area contributed by atoms with E-state index in [4.69, 9.17) is 4.42 Å². The van der Waals surface area contributed by atoms with Crippen LogP contribution in [0.3, 0.4) is 0 Å². The van der Waals surface area contributed by atoms with Gasteiger partial charge in [-0.15, -0.1) is 0 Å². The summed E-state index contributed by atoms with van der Waals surface area (Å²) in [4.78, 5) is 2.41. The number of fused-ring (bicyclic) bond motifs is 8. The van der Waals surface area contributed by atoms with E-state index in [2.05, 4.69) is 241 Å². The first-order chi connectivity index (χ1) is 32.2. The first kappa shape index (κ1) is 37.1.